The van der Waals surface area contributed by atoms with Crippen LogP contribution in [0, 0.1) is 11.8 Å². The molecule has 0 amide bonds. The van der Waals surface area contributed by atoms with Crippen LogP contribution in [0.2, 0.25) is 0 Å². The molecule has 19 heteroatoms. The molecule has 0 aromatic rings. The minimum atomic E-state index is -4.96. The summed E-state index contributed by atoms with van der Waals surface area (Å²) in [5.74, 6) is -0.619. The Kier molecular flexibility index (Phi) is 64.6. The van der Waals surface area contributed by atoms with E-state index in [1.807, 2.05) is 0 Å². The van der Waals surface area contributed by atoms with Crippen molar-refractivity contribution in [2.75, 3.05) is 39.6 Å². The van der Waals surface area contributed by atoms with Gasteiger partial charge in [0.05, 0.1) is 26.4 Å². The summed E-state index contributed by atoms with van der Waals surface area (Å²) < 4.78 is 68.5. The zero-order chi connectivity index (χ0) is 68.6. The number of aliphatic hydroxyl groups is 1. The van der Waals surface area contributed by atoms with Crippen molar-refractivity contribution in [2.45, 2.75) is 400 Å². The van der Waals surface area contributed by atoms with Crippen molar-refractivity contribution in [2.24, 2.45) is 11.8 Å². The Morgan fingerprint density at radius 2 is 0.516 bits per heavy atom. The van der Waals surface area contributed by atoms with Crippen molar-refractivity contribution in [1.82, 2.24) is 0 Å². The molecule has 7 atom stereocenters. The topological polar surface area (TPSA) is 237 Å². The van der Waals surface area contributed by atoms with Crippen LogP contribution in [-0.2, 0) is 65.4 Å². The molecule has 0 aliphatic heterocycles. The number of carbonyl (C=O) groups is 4. The summed E-state index contributed by atoms with van der Waals surface area (Å²) in [7, 11) is -9.91. The standard InChI is InChI=1S/C74H144O17P2/c1-7-11-13-15-17-19-21-23-25-27-29-31-33-38-46-52-58-73(78)90-69(62-84-71(76)56-50-44-37-32-30-28-26-24-22-20-18-16-14-12-8-2)64-88-92(80,81)86-60-68(75)61-87-93(82,83)89-65-70(63-85-72(77)57-51-45-41-40-43-49-55-67(6)10-4)91-74(79)59-53-47-39-35-34-36-42-48-54-66(5)9-3/h66-70,75H,7-65H2,1-6H3,(H,80,81)(H,82,83)/t66?,67?,68-,69-,70-/m1/s1. The average molecular weight is 1370 g/mol. The minimum Gasteiger partial charge on any atom is -0.462 e. The van der Waals surface area contributed by atoms with E-state index >= 15 is 0 Å². The number of ether oxygens (including phenoxy) is 4. The van der Waals surface area contributed by atoms with E-state index in [4.69, 9.17) is 37.0 Å². The second kappa shape index (κ2) is 66.0. The lowest BCUT2D eigenvalue weighted by Crippen LogP contribution is -2.30. The molecule has 0 heterocycles. The molecule has 0 aliphatic rings. The van der Waals surface area contributed by atoms with E-state index in [1.54, 1.807) is 0 Å². The number of hydrogen-bond acceptors (Lipinski definition) is 15. The fraction of sp³-hybridized carbons (Fsp3) is 0.946. The second-order valence-electron chi connectivity index (χ2n) is 27.2. The highest BCUT2D eigenvalue weighted by atomic mass is 31.2. The third kappa shape index (κ3) is 65.8. The Balaban J connectivity index is 5.26. The van der Waals surface area contributed by atoms with Crippen molar-refractivity contribution in [3.63, 3.8) is 0 Å². The van der Waals surface area contributed by atoms with Crippen molar-refractivity contribution in [3.8, 4) is 0 Å². The van der Waals surface area contributed by atoms with E-state index in [1.165, 1.54) is 193 Å². The monoisotopic (exact) mass is 1370 g/mol. The summed E-state index contributed by atoms with van der Waals surface area (Å²) in [5.41, 5.74) is 0. The lowest BCUT2D eigenvalue weighted by atomic mass is 9.99. The van der Waals surface area contributed by atoms with Crippen LogP contribution in [0.1, 0.15) is 382 Å². The Morgan fingerprint density at radius 3 is 0.763 bits per heavy atom. The smallest absolute Gasteiger partial charge is 0.462 e. The molecule has 4 unspecified atom stereocenters. The van der Waals surface area contributed by atoms with Gasteiger partial charge in [-0.1, -0.05) is 330 Å². The number of carbonyl (C=O) groups excluding carboxylic acids is 4. The van der Waals surface area contributed by atoms with Crippen molar-refractivity contribution < 1.29 is 80.2 Å². The van der Waals surface area contributed by atoms with Gasteiger partial charge in [0, 0.05) is 25.7 Å². The molecular weight excluding hydrogens is 1220 g/mol. The Labute approximate surface area is 568 Å². The van der Waals surface area contributed by atoms with Crippen molar-refractivity contribution >= 4 is 39.5 Å². The first-order chi connectivity index (χ1) is 44.9. The summed E-state index contributed by atoms with van der Waals surface area (Å²) in [6.45, 7) is 9.54. The van der Waals surface area contributed by atoms with Gasteiger partial charge in [0.1, 0.15) is 19.3 Å². The van der Waals surface area contributed by atoms with Crippen LogP contribution >= 0.6 is 15.6 Å². The van der Waals surface area contributed by atoms with Gasteiger partial charge in [0.15, 0.2) is 12.2 Å². The fourth-order valence-corrected chi connectivity index (χ4v) is 12.8. The number of esters is 4. The van der Waals surface area contributed by atoms with Gasteiger partial charge in [-0.05, 0) is 37.5 Å². The van der Waals surface area contributed by atoms with E-state index in [2.05, 4.69) is 41.5 Å². The first-order valence-electron chi connectivity index (χ1n) is 38.6. The highest BCUT2D eigenvalue weighted by Crippen LogP contribution is 2.45. The molecule has 0 bridgehead atoms. The zero-order valence-electron chi connectivity index (χ0n) is 60.6. The molecule has 93 heavy (non-hydrogen) atoms. The minimum absolute atomic E-state index is 0.104. The lowest BCUT2D eigenvalue weighted by Gasteiger charge is -2.21. The van der Waals surface area contributed by atoms with E-state index in [0.717, 1.165) is 108 Å². The van der Waals surface area contributed by atoms with Crippen LogP contribution in [0.5, 0.6) is 0 Å². The summed E-state index contributed by atoms with van der Waals surface area (Å²) in [4.78, 5) is 72.7. The van der Waals surface area contributed by atoms with Gasteiger partial charge in [-0.25, -0.2) is 9.13 Å². The van der Waals surface area contributed by atoms with Crippen LogP contribution in [0.4, 0.5) is 0 Å². The SMILES string of the molecule is CCCCCCCCCCCCCCCCCCC(=O)O[C@H](COC(=O)CCCCCCCCCCCCCCCCC)COP(=O)(O)OC[C@@H](O)COP(=O)(O)OC[C@@H](COC(=O)CCCCCCCCC(C)CC)OC(=O)CCCCCCCCCCC(C)CC. The summed E-state index contributed by atoms with van der Waals surface area (Å²) in [5, 5.41) is 10.6. The third-order valence-electron chi connectivity index (χ3n) is 17.9. The van der Waals surface area contributed by atoms with Gasteiger partial charge in [-0.2, -0.15) is 0 Å². The fourth-order valence-electron chi connectivity index (χ4n) is 11.2. The van der Waals surface area contributed by atoms with Gasteiger partial charge in [0.2, 0.25) is 0 Å². The van der Waals surface area contributed by atoms with E-state index in [0.29, 0.717) is 25.7 Å². The summed E-state index contributed by atoms with van der Waals surface area (Å²) in [6, 6.07) is 0. The highest BCUT2D eigenvalue weighted by Gasteiger charge is 2.30. The van der Waals surface area contributed by atoms with Gasteiger partial charge < -0.3 is 33.8 Å². The number of phosphoric ester groups is 2. The molecule has 0 rings (SSSR count). The largest absolute Gasteiger partial charge is 0.472 e. The van der Waals surface area contributed by atoms with E-state index in [9.17, 15) is 43.2 Å². The maximum atomic E-state index is 13.1. The predicted octanol–water partition coefficient (Wildman–Crippen LogP) is 21.6. The molecule has 0 spiro atoms. The number of aliphatic hydroxyl groups excluding tert-OH is 1. The first-order valence-corrected chi connectivity index (χ1v) is 41.6. The number of hydrogen-bond donors (Lipinski definition) is 3. The maximum Gasteiger partial charge on any atom is 0.472 e. The number of phosphoric acid groups is 2. The first kappa shape index (κ1) is 91.1. The van der Waals surface area contributed by atoms with Gasteiger partial charge in [0.25, 0.3) is 0 Å². The Morgan fingerprint density at radius 1 is 0.301 bits per heavy atom. The molecule has 17 nitrogen and oxygen atoms in total. The Hall–Kier alpha value is -1.94. The molecule has 0 saturated carbocycles. The van der Waals surface area contributed by atoms with E-state index in [-0.39, 0.29) is 25.7 Å². The van der Waals surface area contributed by atoms with Crippen LogP contribution in [-0.4, -0.2) is 96.7 Å². The number of unbranched alkanes of at least 4 members (excludes halogenated alkanes) is 41. The normalized spacial score (nSPS) is 14.6. The van der Waals surface area contributed by atoms with Gasteiger partial charge in [-0.15, -0.1) is 0 Å². The predicted molar refractivity (Wildman–Crippen MR) is 377 cm³/mol. The molecule has 0 radical (unpaired) electrons. The van der Waals surface area contributed by atoms with E-state index < -0.39 is 97.5 Å². The Bertz CT molecular complexity index is 1810. The molecule has 0 fully saturated rings. The third-order valence-corrected chi connectivity index (χ3v) is 19.8. The molecule has 552 valence electrons. The number of rotatable bonds is 73. The van der Waals surface area contributed by atoms with Gasteiger partial charge >= 0.3 is 39.5 Å². The summed E-state index contributed by atoms with van der Waals surface area (Å²) >= 11 is 0. The second-order valence-corrected chi connectivity index (χ2v) is 30.1. The van der Waals surface area contributed by atoms with Crippen LogP contribution in [0.3, 0.4) is 0 Å². The molecular formula is C74H144O17P2. The highest BCUT2D eigenvalue weighted by molar-refractivity contribution is 7.47. The van der Waals surface area contributed by atoms with Crippen LogP contribution in [0.25, 0.3) is 0 Å². The maximum absolute atomic E-state index is 13.1. The van der Waals surface area contributed by atoms with Crippen molar-refractivity contribution in [3.05, 3.63) is 0 Å². The van der Waals surface area contributed by atoms with Crippen LogP contribution < -0.4 is 0 Å². The quantitative estimate of drug-likeness (QED) is 0.0222. The van der Waals surface area contributed by atoms with Crippen molar-refractivity contribution in [1.29, 1.82) is 0 Å². The molecule has 0 aromatic carbocycles. The lowest BCUT2D eigenvalue weighted by molar-refractivity contribution is -0.161. The van der Waals surface area contributed by atoms with Crippen LogP contribution in [0.15, 0.2) is 0 Å². The zero-order valence-corrected chi connectivity index (χ0v) is 62.3. The van der Waals surface area contributed by atoms with Gasteiger partial charge in [-0.3, -0.25) is 37.3 Å². The average Bonchev–Trinajstić information content (AvgIpc) is 3.29. The molecule has 0 aromatic heterocycles. The molecule has 3 N–H and O–H groups in total. The summed E-state index contributed by atoms with van der Waals surface area (Å²) in [6.07, 6.45) is 52.6. The molecule has 0 aliphatic carbocycles. The molecule has 0 saturated heterocycles.